The molecule has 0 fully saturated rings. The van der Waals surface area contributed by atoms with Crippen molar-refractivity contribution in [2.75, 3.05) is 26.8 Å². The highest BCUT2D eigenvalue weighted by Gasteiger charge is 2.38. The number of aliphatic hydroxyl groups excluding tert-OH is 1. The highest BCUT2D eigenvalue weighted by Crippen LogP contribution is 2.20. The topological polar surface area (TPSA) is 23.5 Å². The van der Waals surface area contributed by atoms with E-state index in [0.717, 1.165) is 0 Å². The van der Waals surface area contributed by atoms with Crippen molar-refractivity contribution < 1.29 is 22.7 Å². The van der Waals surface area contributed by atoms with Gasteiger partial charge in [-0.1, -0.05) is 0 Å². The van der Waals surface area contributed by atoms with Crippen LogP contribution in [0.3, 0.4) is 0 Å². The van der Waals surface area contributed by atoms with Crippen LogP contribution in [0.4, 0.5) is 17.6 Å². The van der Waals surface area contributed by atoms with Gasteiger partial charge in [0.15, 0.2) is 6.10 Å². The summed E-state index contributed by atoms with van der Waals surface area (Å²) in [5, 5.41) is 8.60. The lowest BCUT2D eigenvalue weighted by Gasteiger charge is -2.21. The van der Waals surface area contributed by atoms with E-state index in [4.69, 9.17) is 5.11 Å². The molecule has 0 saturated carbocycles. The molecule has 0 heterocycles. The van der Waals surface area contributed by atoms with Gasteiger partial charge in [-0.05, 0) is 13.5 Å². The molecule has 0 saturated heterocycles. The van der Waals surface area contributed by atoms with E-state index in [1.165, 1.54) is 11.9 Å². The highest BCUT2D eigenvalue weighted by atomic mass is 19.4. The van der Waals surface area contributed by atoms with Gasteiger partial charge < -0.3 is 10.0 Å². The van der Waals surface area contributed by atoms with Crippen LogP contribution >= 0.6 is 0 Å². The minimum Gasteiger partial charge on any atom is -0.382 e. The fourth-order valence-electron chi connectivity index (χ4n) is 0.820. The molecule has 1 unspecified atom stereocenters. The van der Waals surface area contributed by atoms with E-state index in [2.05, 4.69) is 0 Å². The molecule has 0 spiro atoms. The largest absolute Gasteiger partial charge is 0.415 e. The Morgan fingerprint density at radius 3 is 2.31 bits per heavy atom. The standard InChI is InChI=1S/C7H13F4NO/c1-12(4-2-3-8)5-6(13)7(9,10)11/h6,13H,2-5H2,1H3. The Labute approximate surface area is 74.1 Å². The van der Waals surface area contributed by atoms with Crippen molar-refractivity contribution in [1.29, 1.82) is 0 Å². The molecule has 0 rings (SSSR count). The van der Waals surface area contributed by atoms with Crippen molar-refractivity contribution >= 4 is 0 Å². The zero-order chi connectivity index (χ0) is 10.5. The van der Waals surface area contributed by atoms with Crippen molar-refractivity contribution in [3.8, 4) is 0 Å². The molecule has 0 bridgehead atoms. The van der Waals surface area contributed by atoms with Crippen LogP contribution in [0.15, 0.2) is 0 Å². The SMILES string of the molecule is CN(CCCF)CC(O)C(F)(F)F. The summed E-state index contributed by atoms with van der Waals surface area (Å²) in [5.41, 5.74) is 0. The van der Waals surface area contributed by atoms with Crippen LogP contribution in [0.5, 0.6) is 0 Å². The Hall–Kier alpha value is -0.360. The lowest BCUT2D eigenvalue weighted by Crippen LogP contribution is -2.39. The van der Waals surface area contributed by atoms with Gasteiger partial charge in [-0.25, -0.2) is 0 Å². The normalized spacial score (nSPS) is 15.0. The quantitative estimate of drug-likeness (QED) is 0.679. The zero-order valence-electron chi connectivity index (χ0n) is 7.31. The molecule has 0 aliphatic heterocycles. The molecule has 80 valence electrons. The monoisotopic (exact) mass is 203 g/mol. The molecule has 1 atom stereocenters. The number of rotatable bonds is 5. The summed E-state index contributed by atoms with van der Waals surface area (Å²) < 4.78 is 47.0. The summed E-state index contributed by atoms with van der Waals surface area (Å²) in [7, 11) is 1.41. The number of hydrogen-bond donors (Lipinski definition) is 1. The second-order valence-electron chi connectivity index (χ2n) is 2.86. The van der Waals surface area contributed by atoms with Crippen LogP contribution < -0.4 is 0 Å². The summed E-state index contributed by atoms with van der Waals surface area (Å²) >= 11 is 0. The van der Waals surface area contributed by atoms with E-state index in [0.29, 0.717) is 0 Å². The Morgan fingerprint density at radius 2 is 1.92 bits per heavy atom. The van der Waals surface area contributed by atoms with Crippen molar-refractivity contribution in [1.82, 2.24) is 4.90 Å². The fraction of sp³-hybridized carbons (Fsp3) is 1.00. The maximum Gasteiger partial charge on any atom is 0.415 e. The van der Waals surface area contributed by atoms with Gasteiger partial charge in [0.1, 0.15) is 0 Å². The summed E-state index contributed by atoms with van der Waals surface area (Å²) in [6.45, 7) is -0.862. The van der Waals surface area contributed by atoms with Crippen LogP contribution in [0.1, 0.15) is 6.42 Å². The molecule has 2 nitrogen and oxygen atoms in total. The number of alkyl halides is 4. The van der Waals surface area contributed by atoms with Gasteiger partial charge >= 0.3 is 6.18 Å². The first-order chi connectivity index (χ1) is 5.88. The average molecular weight is 203 g/mol. The van der Waals surface area contributed by atoms with Gasteiger partial charge in [-0.3, -0.25) is 4.39 Å². The highest BCUT2D eigenvalue weighted by molar-refractivity contribution is 4.68. The smallest absolute Gasteiger partial charge is 0.382 e. The third kappa shape index (κ3) is 5.81. The molecule has 0 aliphatic carbocycles. The minimum atomic E-state index is -4.59. The summed E-state index contributed by atoms with van der Waals surface area (Å²) in [6.07, 6.45) is -6.76. The number of halogens is 4. The van der Waals surface area contributed by atoms with Gasteiger partial charge in [0.2, 0.25) is 0 Å². The molecule has 0 radical (unpaired) electrons. The van der Waals surface area contributed by atoms with E-state index in [9.17, 15) is 17.6 Å². The number of likely N-dealkylation sites (N-methyl/N-ethyl adjacent to an activating group) is 1. The molecule has 1 N–H and O–H groups in total. The van der Waals surface area contributed by atoms with Gasteiger partial charge in [0.05, 0.1) is 6.67 Å². The van der Waals surface area contributed by atoms with Crippen LogP contribution in [0.25, 0.3) is 0 Å². The van der Waals surface area contributed by atoms with Gasteiger partial charge in [-0.15, -0.1) is 0 Å². The molecule has 0 aliphatic rings. The Kier molecular flexibility index (Phi) is 5.24. The van der Waals surface area contributed by atoms with E-state index in [1.54, 1.807) is 0 Å². The minimum absolute atomic E-state index is 0.182. The first kappa shape index (κ1) is 12.6. The maximum absolute atomic E-state index is 11.8. The van der Waals surface area contributed by atoms with E-state index in [1.807, 2.05) is 0 Å². The molecule has 13 heavy (non-hydrogen) atoms. The second kappa shape index (κ2) is 5.39. The fourth-order valence-corrected chi connectivity index (χ4v) is 0.820. The molecule has 6 heteroatoms. The third-order valence-corrected chi connectivity index (χ3v) is 1.54. The van der Waals surface area contributed by atoms with E-state index < -0.39 is 25.5 Å². The molecule has 0 amide bonds. The predicted octanol–water partition coefficient (Wildman–Crippen LogP) is 1.20. The number of hydrogen-bond acceptors (Lipinski definition) is 2. The van der Waals surface area contributed by atoms with E-state index >= 15 is 0 Å². The Bertz CT molecular complexity index is 139. The summed E-state index contributed by atoms with van der Waals surface area (Å²) in [5.74, 6) is 0. The van der Waals surface area contributed by atoms with Crippen molar-refractivity contribution in [3.05, 3.63) is 0 Å². The van der Waals surface area contributed by atoms with Crippen molar-refractivity contribution in [2.24, 2.45) is 0 Å². The predicted molar refractivity (Wildman–Crippen MR) is 40.2 cm³/mol. The molecule has 0 aromatic heterocycles. The Balaban J connectivity index is 3.71. The molecular weight excluding hydrogens is 190 g/mol. The molecule has 0 aromatic rings. The van der Waals surface area contributed by atoms with Crippen LogP contribution in [0.2, 0.25) is 0 Å². The van der Waals surface area contributed by atoms with E-state index in [-0.39, 0.29) is 13.0 Å². The first-order valence-corrected chi connectivity index (χ1v) is 3.87. The van der Waals surface area contributed by atoms with Gasteiger partial charge in [0, 0.05) is 13.1 Å². The lowest BCUT2D eigenvalue weighted by molar-refractivity contribution is -0.207. The van der Waals surface area contributed by atoms with Crippen LogP contribution in [0, 0.1) is 0 Å². The van der Waals surface area contributed by atoms with Crippen molar-refractivity contribution in [3.63, 3.8) is 0 Å². The van der Waals surface area contributed by atoms with Crippen LogP contribution in [-0.2, 0) is 0 Å². The Morgan fingerprint density at radius 1 is 1.38 bits per heavy atom. The zero-order valence-corrected chi connectivity index (χ0v) is 7.31. The summed E-state index contributed by atoms with van der Waals surface area (Å²) in [4.78, 5) is 1.25. The van der Waals surface area contributed by atoms with Crippen molar-refractivity contribution in [2.45, 2.75) is 18.7 Å². The second-order valence-corrected chi connectivity index (χ2v) is 2.86. The maximum atomic E-state index is 11.8. The molecular formula is C7H13F4NO. The van der Waals surface area contributed by atoms with Crippen LogP contribution in [-0.4, -0.2) is 49.1 Å². The average Bonchev–Trinajstić information content (AvgIpc) is 1.99. The lowest BCUT2D eigenvalue weighted by atomic mass is 10.3. The third-order valence-electron chi connectivity index (χ3n) is 1.54. The first-order valence-electron chi connectivity index (χ1n) is 3.87. The number of nitrogens with zero attached hydrogens (tertiary/aromatic N) is 1. The molecule has 0 aromatic carbocycles. The van der Waals surface area contributed by atoms with Gasteiger partial charge in [0.25, 0.3) is 0 Å². The number of aliphatic hydroxyl groups is 1. The summed E-state index contributed by atoms with van der Waals surface area (Å²) in [6, 6.07) is 0. The van der Waals surface area contributed by atoms with Gasteiger partial charge in [-0.2, -0.15) is 13.2 Å².